The maximum absolute atomic E-state index is 5.83. The number of anilines is 3. The first-order valence-corrected chi connectivity index (χ1v) is 7.17. The molecule has 2 rings (SSSR count). The van der Waals surface area contributed by atoms with E-state index in [1.807, 2.05) is 11.9 Å². The zero-order valence-corrected chi connectivity index (χ0v) is 12.7. The number of hydrogen-bond donors (Lipinski definition) is 1. The van der Waals surface area contributed by atoms with Gasteiger partial charge in [0.25, 0.3) is 0 Å². The van der Waals surface area contributed by atoms with Crippen molar-refractivity contribution in [2.75, 3.05) is 42.3 Å². The molecule has 2 heterocycles. The maximum atomic E-state index is 5.83. The predicted molar refractivity (Wildman–Crippen MR) is 80.0 cm³/mol. The molecule has 1 aromatic heterocycles. The summed E-state index contributed by atoms with van der Waals surface area (Å²) in [6.45, 7) is 8.67. The van der Waals surface area contributed by atoms with E-state index in [0.717, 1.165) is 26.1 Å². The monoisotopic (exact) mass is 280 g/mol. The quantitative estimate of drug-likeness (QED) is 0.858. The summed E-state index contributed by atoms with van der Waals surface area (Å²) in [6, 6.07) is 0.279. The number of likely N-dealkylation sites (N-methyl/N-ethyl adjacent to an activating group) is 1. The topological polar surface area (TPSA) is 80.4 Å². The van der Waals surface area contributed by atoms with Crippen LogP contribution in [-0.4, -0.2) is 53.8 Å². The Balaban J connectivity index is 2.27. The highest BCUT2D eigenvalue weighted by molar-refractivity contribution is 5.43. The Bertz CT molecular complexity index is 450. The van der Waals surface area contributed by atoms with Gasteiger partial charge in [0.1, 0.15) is 0 Å². The second kappa shape index (κ2) is 6.21. The summed E-state index contributed by atoms with van der Waals surface area (Å²) in [6.07, 6.45) is 1.15. The van der Waals surface area contributed by atoms with Gasteiger partial charge in [-0.15, -0.1) is 0 Å². The van der Waals surface area contributed by atoms with Crippen LogP contribution in [0.5, 0.6) is 0 Å². The molecule has 1 fully saturated rings. The Morgan fingerprint density at radius 2 is 1.85 bits per heavy atom. The first-order chi connectivity index (χ1) is 9.56. The zero-order valence-electron chi connectivity index (χ0n) is 12.7. The van der Waals surface area contributed by atoms with Crippen LogP contribution in [0.3, 0.4) is 0 Å². The van der Waals surface area contributed by atoms with E-state index >= 15 is 0 Å². The van der Waals surface area contributed by atoms with Crippen molar-refractivity contribution in [2.24, 2.45) is 0 Å². The lowest BCUT2D eigenvalue weighted by Gasteiger charge is -2.28. The van der Waals surface area contributed by atoms with Crippen LogP contribution < -0.4 is 15.5 Å². The van der Waals surface area contributed by atoms with Crippen molar-refractivity contribution in [3.05, 3.63) is 0 Å². The summed E-state index contributed by atoms with van der Waals surface area (Å²) in [4.78, 5) is 17.1. The normalized spacial score (nSPS) is 22.0. The summed E-state index contributed by atoms with van der Waals surface area (Å²) < 4.78 is 5.60. The van der Waals surface area contributed by atoms with Crippen molar-refractivity contribution in [3.8, 4) is 0 Å². The van der Waals surface area contributed by atoms with Crippen LogP contribution in [0.2, 0.25) is 0 Å². The van der Waals surface area contributed by atoms with Gasteiger partial charge in [-0.1, -0.05) is 0 Å². The third-order valence-electron chi connectivity index (χ3n) is 3.82. The molecule has 20 heavy (non-hydrogen) atoms. The second-order valence-corrected chi connectivity index (χ2v) is 5.01. The van der Waals surface area contributed by atoms with Crippen LogP contribution in [0.4, 0.5) is 17.8 Å². The van der Waals surface area contributed by atoms with Crippen molar-refractivity contribution < 1.29 is 4.74 Å². The van der Waals surface area contributed by atoms with E-state index < -0.39 is 0 Å². The summed E-state index contributed by atoms with van der Waals surface area (Å²) in [5.74, 6) is 1.51. The molecule has 2 N–H and O–H groups in total. The smallest absolute Gasteiger partial charge is 0.232 e. The Kier molecular flexibility index (Phi) is 4.59. The molecular weight excluding hydrogens is 256 g/mol. The average molecular weight is 280 g/mol. The van der Waals surface area contributed by atoms with Crippen LogP contribution in [0.15, 0.2) is 0 Å². The highest BCUT2D eigenvalue weighted by Crippen LogP contribution is 2.23. The van der Waals surface area contributed by atoms with Gasteiger partial charge in [-0.3, -0.25) is 0 Å². The fourth-order valence-corrected chi connectivity index (χ4v) is 2.55. The van der Waals surface area contributed by atoms with Gasteiger partial charge in [0.05, 0.1) is 12.1 Å². The minimum absolute atomic E-state index is 0.176. The molecule has 0 spiro atoms. The van der Waals surface area contributed by atoms with Gasteiger partial charge in [-0.25, -0.2) is 0 Å². The van der Waals surface area contributed by atoms with Crippen LogP contribution in [-0.2, 0) is 4.74 Å². The molecule has 0 radical (unpaired) electrons. The predicted octanol–water partition coefficient (Wildman–Crippen LogP) is 0.914. The average Bonchev–Trinajstić information content (AvgIpc) is 2.85. The molecule has 2 unspecified atom stereocenters. The third-order valence-corrected chi connectivity index (χ3v) is 3.82. The SMILES string of the molecule is CCN(CC)c1nc(N)nc(N(C)C2CCOC2C)n1. The summed E-state index contributed by atoms with van der Waals surface area (Å²) in [5, 5.41) is 0. The summed E-state index contributed by atoms with van der Waals surface area (Å²) >= 11 is 0. The Morgan fingerprint density at radius 3 is 2.40 bits per heavy atom. The highest BCUT2D eigenvalue weighted by Gasteiger charge is 2.29. The van der Waals surface area contributed by atoms with Crippen molar-refractivity contribution in [1.82, 2.24) is 15.0 Å². The molecule has 0 bridgehead atoms. The van der Waals surface area contributed by atoms with E-state index in [0.29, 0.717) is 11.9 Å². The number of rotatable bonds is 5. The van der Waals surface area contributed by atoms with Gasteiger partial charge in [0, 0.05) is 26.7 Å². The van der Waals surface area contributed by atoms with E-state index in [4.69, 9.17) is 10.5 Å². The maximum Gasteiger partial charge on any atom is 0.232 e. The molecule has 0 saturated carbocycles. The Labute approximate surface area is 120 Å². The lowest BCUT2D eigenvalue weighted by atomic mass is 10.1. The summed E-state index contributed by atoms with van der Waals surface area (Å²) in [7, 11) is 1.98. The molecule has 1 aliphatic heterocycles. The van der Waals surface area contributed by atoms with Crippen molar-refractivity contribution in [3.63, 3.8) is 0 Å². The molecule has 7 heteroatoms. The van der Waals surface area contributed by atoms with Gasteiger partial charge in [-0.2, -0.15) is 15.0 Å². The van der Waals surface area contributed by atoms with Crippen molar-refractivity contribution in [2.45, 2.75) is 39.3 Å². The molecule has 0 aromatic carbocycles. The number of nitrogens with two attached hydrogens (primary N) is 1. The van der Waals surface area contributed by atoms with Gasteiger partial charge in [0.2, 0.25) is 17.8 Å². The molecule has 7 nitrogen and oxygen atoms in total. The van der Waals surface area contributed by atoms with Crippen LogP contribution in [0.1, 0.15) is 27.2 Å². The molecule has 1 saturated heterocycles. The van der Waals surface area contributed by atoms with Crippen molar-refractivity contribution >= 4 is 17.8 Å². The zero-order chi connectivity index (χ0) is 14.7. The van der Waals surface area contributed by atoms with Gasteiger partial charge >= 0.3 is 0 Å². The van der Waals surface area contributed by atoms with Gasteiger partial charge in [0.15, 0.2) is 0 Å². The number of aromatic nitrogens is 3. The van der Waals surface area contributed by atoms with E-state index in [2.05, 4.69) is 40.6 Å². The standard InChI is InChI=1S/C13H24N6O/c1-5-19(6-2)13-16-11(14)15-12(17-13)18(4)10-7-8-20-9(10)3/h9-10H,5-8H2,1-4H3,(H2,14,15,16,17). The number of hydrogen-bond acceptors (Lipinski definition) is 7. The Morgan fingerprint density at radius 1 is 1.20 bits per heavy atom. The molecule has 2 atom stereocenters. The van der Waals surface area contributed by atoms with Crippen LogP contribution >= 0.6 is 0 Å². The minimum Gasteiger partial charge on any atom is -0.376 e. The fourth-order valence-electron chi connectivity index (χ4n) is 2.55. The molecule has 1 aliphatic rings. The summed E-state index contributed by atoms with van der Waals surface area (Å²) in [5.41, 5.74) is 5.83. The van der Waals surface area contributed by atoms with Crippen LogP contribution in [0.25, 0.3) is 0 Å². The third kappa shape index (κ3) is 2.92. The number of nitrogens with zero attached hydrogens (tertiary/aromatic N) is 5. The molecule has 0 aliphatic carbocycles. The molecule has 1 aromatic rings. The number of nitrogen functional groups attached to an aromatic ring is 1. The Hall–Kier alpha value is -1.63. The van der Waals surface area contributed by atoms with Crippen LogP contribution in [0, 0.1) is 0 Å². The molecular formula is C13H24N6O. The lowest BCUT2D eigenvalue weighted by molar-refractivity contribution is 0.118. The molecule has 0 amide bonds. The van der Waals surface area contributed by atoms with E-state index in [-0.39, 0.29) is 18.1 Å². The van der Waals surface area contributed by atoms with E-state index in [1.165, 1.54) is 0 Å². The van der Waals surface area contributed by atoms with Gasteiger partial charge in [-0.05, 0) is 27.2 Å². The first-order valence-electron chi connectivity index (χ1n) is 7.17. The second-order valence-electron chi connectivity index (χ2n) is 5.01. The van der Waals surface area contributed by atoms with E-state index in [9.17, 15) is 0 Å². The van der Waals surface area contributed by atoms with Crippen molar-refractivity contribution in [1.29, 1.82) is 0 Å². The van der Waals surface area contributed by atoms with Gasteiger partial charge < -0.3 is 20.3 Å². The minimum atomic E-state index is 0.176. The fraction of sp³-hybridized carbons (Fsp3) is 0.769. The lowest BCUT2D eigenvalue weighted by Crippen LogP contribution is -2.38. The van der Waals surface area contributed by atoms with E-state index in [1.54, 1.807) is 0 Å². The molecule has 112 valence electrons. The number of ether oxygens (including phenoxy) is 1. The highest BCUT2D eigenvalue weighted by atomic mass is 16.5. The first kappa shape index (κ1) is 14.8. The largest absolute Gasteiger partial charge is 0.376 e.